The number of H-pyrrole nitrogens is 2. The van der Waals surface area contributed by atoms with Crippen molar-refractivity contribution >= 4 is 5.95 Å². The lowest BCUT2D eigenvalue weighted by Crippen LogP contribution is -1.92. The first-order chi connectivity index (χ1) is 3.43. The van der Waals surface area contributed by atoms with Crippen molar-refractivity contribution in [1.82, 2.24) is 4.98 Å². The van der Waals surface area contributed by atoms with Crippen LogP contribution in [0.4, 0.5) is 5.95 Å². The maximum atomic E-state index is 9.56. The quantitative estimate of drug-likeness (QED) is 0.502. The molecular formula is C3H4N3O+. The molecule has 1 aromatic heterocycles. The Hall–Kier alpha value is -1.19. The highest BCUT2D eigenvalue weighted by atomic mass is 16.3. The molecule has 1 rings (SSSR count). The maximum Gasteiger partial charge on any atom is 0.438 e. The molecule has 0 fully saturated rings. The summed E-state index contributed by atoms with van der Waals surface area (Å²) >= 11 is 0. The number of hydrogen-bond acceptors (Lipinski definition) is 2. The summed E-state index contributed by atoms with van der Waals surface area (Å²) in [6, 6.07) is 0. The van der Waals surface area contributed by atoms with Crippen LogP contribution in [-0.2, 0) is 0 Å². The Labute approximate surface area is 39.6 Å². The summed E-state index contributed by atoms with van der Waals surface area (Å²) in [6.07, 6.45) is 3.19. The fourth-order valence-corrected chi connectivity index (χ4v) is 0.336. The van der Waals surface area contributed by atoms with E-state index in [-0.39, 0.29) is 5.95 Å². The fourth-order valence-electron chi connectivity index (χ4n) is 0.336. The number of imidazole rings is 1. The van der Waals surface area contributed by atoms with E-state index in [1.165, 1.54) is 0 Å². The van der Waals surface area contributed by atoms with Crippen molar-refractivity contribution in [2.75, 3.05) is 0 Å². The minimum Gasteiger partial charge on any atom is -0.243 e. The first-order valence-electron chi connectivity index (χ1n) is 1.82. The van der Waals surface area contributed by atoms with Gasteiger partial charge >= 0.3 is 5.95 Å². The summed E-state index contributed by atoms with van der Waals surface area (Å²) in [6.45, 7) is 0. The fraction of sp³-hybridized carbons (Fsp3) is 0. The molecule has 0 bridgehead atoms. The Morgan fingerprint density at radius 3 is 3.00 bits per heavy atom. The molecule has 4 heteroatoms. The average Bonchev–Trinajstić information content (AvgIpc) is 2.14. The van der Waals surface area contributed by atoms with E-state index in [0.717, 1.165) is 0 Å². The van der Waals surface area contributed by atoms with Gasteiger partial charge in [0.1, 0.15) is 0 Å². The van der Waals surface area contributed by atoms with Crippen LogP contribution in [0.1, 0.15) is 0 Å². The van der Waals surface area contributed by atoms with Crippen molar-refractivity contribution < 1.29 is 4.98 Å². The average molecular weight is 98.1 g/mol. The van der Waals surface area contributed by atoms with E-state index in [9.17, 15) is 4.91 Å². The molecule has 7 heavy (non-hydrogen) atoms. The summed E-state index contributed by atoms with van der Waals surface area (Å²) in [5.41, 5.74) is 0. The van der Waals surface area contributed by atoms with Gasteiger partial charge in [-0.15, -0.1) is 0 Å². The van der Waals surface area contributed by atoms with Crippen molar-refractivity contribution in [3.05, 3.63) is 17.3 Å². The van der Waals surface area contributed by atoms with Gasteiger partial charge in [0.2, 0.25) is 0 Å². The van der Waals surface area contributed by atoms with Crippen LogP contribution in [0, 0.1) is 4.91 Å². The second kappa shape index (κ2) is 1.51. The standard InChI is InChI=1S/C3H3N3O/c7-6-3-4-1-2-5-3/h1-2H,(H,4,5)/p+1. The highest BCUT2D eigenvalue weighted by molar-refractivity contribution is 5.00. The number of aromatic nitrogens is 2. The van der Waals surface area contributed by atoms with Crippen molar-refractivity contribution in [3.63, 3.8) is 0 Å². The first kappa shape index (κ1) is 3.98. The van der Waals surface area contributed by atoms with E-state index in [0.29, 0.717) is 0 Å². The number of rotatable bonds is 1. The summed E-state index contributed by atoms with van der Waals surface area (Å²) in [5.74, 6) is 0.250. The molecule has 1 heterocycles. The van der Waals surface area contributed by atoms with E-state index in [1.54, 1.807) is 12.4 Å². The largest absolute Gasteiger partial charge is 0.438 e. The molecule has 0 saturated carbocycles. The lowest BCUT2D eigenvalue weighted by molar-refractivity contribution is -0.360. The second-order valence-corrected chi connectivity index (χ2v) is 1.06. The number of nitroso groups, excluding NO2 is 1. The number of aromatic amines is 2. The highest BCUT2D eigenvalue weighted by Gasteiger charge is 1.95. The number of nitrogens with one attached hydrogen (secondary N) is 2. The smallest absolute Gasteiger partial charge is 0.243 e. The Kier molecular flexibility index (Phi) is 0.856. The van der Waals surface area contributed by atoms with E-state index < -0.39 is 0 Å². The molecule has 0 saturated heterocycles. The minimum absolute atomic E-state index is 0.250. The molecule has 0 aliphatic carbocycles. The Morgan fingerprint density at radius 2 is 2.71 bits per heavy atom. The van der Waals surface area contributed by atoms with Crippen LogP contribution in [0.3, 0.4) is 0 Å². The molecule has 4 nitrogen and oxygen atoms in total. The lowest BCUT2D eigenvalue weighted by atomic mass is 11.0. The molecular weight excluding hydrogens is 94.1 g/mol. The van der Waals surface area contributed by atoms with Gasteiger partial charge in [0.15, 0.2) is 5.18 Å². The lowest BCUT2D eigenvalue weighted by Gasteiger charge is -1.56. The highest BCUT2D eigenvalue weighted by Crippen LogP contribution is 1.89. The SMILES string of the molecule is O=Nc1[nH]cc[nH+]1. The number of nitrogens with zero attached hydrogens (tertiary/aromatic N) is 1. The van der Waals surface area contributed by atoms with Gasteiger partial charge in [0.25, 0.3) is 0 Å². The van der Waals surface area contributed by atoms with E-state index in [4.69, 9.17) is 0 Å². The van der Waals surface area contributed by atoms with Crippen LogP contribution in [0.2, 0.25) is 0 Å². The zero-order valence-electron chi connectivity index (χ0n) is 3.51. The van der Waals surface area contributed by atoms with Crippen LogP contribution in [-0.4, -0.2) is 4.98 Å². The Morgan fingerprint density at radius 1 is 1.86 bits per heavy atom. The van der Waals surface area contributed by atoms with Crippen molar-refractivity contribution in [2.45, 2.75) is 0 Å². The van der Waals surface area contributed by atoms with Gasteiger partial charge in [-0.05, 0) is 0 Å². The van der Waals surface area contributed by atoms with Crippen molar-refractivity contribution in [2.24, 2.45) is 5.18 Å². The molecule has 0 aliphatic heterocycles. The first-order valence-corrected chi connectivity index (χ1v) is 1.82. The minimum atomic E-state index is 0.250. The molecule has 36 valence electrons. The van der Waals surface area contributed by atoms with Gasteiger partial charge in [-0.2, -0.15) is 0 Å². The molecule has 0 amide bonds. The van der Waals surface area contributed by atoms with E-state index >= 15 is 0 Å². The molecule has 0 unspecified atom stereocenters. The third kappa shape index (κ3) is 0.623. The third-order valence-corrected chi connectivity index (χ3v) is 0.615. The van der Waals surface area contributed by atoms with Gasteiger partial charge in [0.05, 0.1) is 12.4 Å². The monoisotopic (exact) mass is 98.0 g/mol. The van der Waals surface area contributed by atoms with Crippen LogP contribution in [0.5, 0.6) is 0 Å². The topological polar surface area (TPSA) is 59.4 Å². The predicted octanol–water partition coefficient (Wildman–Crippen LogP) is 0.227. The normalized spacial score (nSPS) is 8.57. The Bertz CT molecular complexity index is 145. The van der Waals surface area contributed by atoms with Crippen LogP contribution >= 0.6 is 0 Å². The summed E-state index contributed by atoms with van der Waals surface area (Å²) in [7, 11) is 0. The van der Waals surface area contributed by atoms with Gasteiger partial charge in [-0.25, -0.2) is 9.97 Å². The molecule has 0 spiro atoms. The van der Waals surface area contributed by atoms with Crippen LogP contribution < -0.4 is 4.98 Å². The van der Waals surface area contributed by atoms with Crippen LogP contribution in [0.15, 0.2) is 17.6 Å². The van der Waals surface area contributed by atoms with Gasteiger partial charge in [-0.1, -0.05) is 4.91 Å². The van der Waals surface area contributed by atoms with E-state index in [1.807, 2.05) is 0 Å². The predicted molar refractivity (Wildman–Crippen MR) is 22.8 cm³/mol. The van der Waals surface area contributed by atoms with Crippen molar-refractivity contribution in [1.29, 1.82) is 0 Å². The zero-order valence-corrected chi connectivity index (χ0v) is 3.51. The van der Waals surface area contributed by atoms with Crippen LogP contribution in [0.25, 0.3) is 0 Å². The van der Waals surface area contributed by atoms with E-state index in [2.05, 4.69) is 15.1 Å². The summed E-state index contributed by atoms with van der Waals surface area (Å²) in [4.78, 5) is 14.7. The van der Waals surface area contributed by atoms with Gasteiger partial charge < -0.3 is 0 Å². The second-order valence-electron chi connectivity index (χ2n) is 1.06. The maximum absolute atomic E-state index is 9.56. The van der Waals surface area contributed by atoms with Crippen molar-refractivity contribution in [3.8, 4) is 0 Å². The third-order valence-electron chi connectivity index (χ3n) is 0.615. The molecule has 1 aromatic rings. The number of hydrogen-bond donors (Lipinski definition) is 1. The summed E-state index contributed by atoms with van der Waals surface area (Å²) in [5, 5.41) is 2.57. The molecule has 2 N–H and O–H groups in total. The molecule has 0 aromatic carbocycles. The Balaban J connectivity index is 2.96. The summed E-state index contributed by atoms with van der Waals surface area (Å²) < 4.78 is 0. The zero-order chi connectivity index (χ0) is 5.11. The van der Waals surface area contributed by atoms with Gasteiger partial charge in [-0.3, -0.25) is 0 Å². The molecule has 0 aliphatic rings. The van der Waals surface area contributed by atoms with Gasteiger partial charge in [0, 0.05) is 0 Å². The molecule has 0 radical (unpaired) electrons. The molecule has 0 atom stereocenters.